The lowest BCUT2D eigenvalue weighted by atomic mass is 9.77. The highest BCUT2D eigenvalue weighted by Gasteiger charge is 2.17. The summed E-state index contributed by atoms with van der Waals surface area (Å²) >= 11 is 0. The van der Waals surface area contributed by atoms with Gasteiger partial charge in [-0.3, -0.25) is 14.6 Å². The van der Waals surface area contributed by atoms with E-state index in [9.17, 15) is 14.5 Å². The monoisotopic (exact) mass is 278 g/mol. The molecule has 0 spiro atoms. The lowest BCUT2D eigenvalue weighted by Gasteiger charge is -2.06. The molecule has 0 atom stereocenters. The van der Waals surface area contributed by atoms with Gasteiger partial charge in [0.2, 0.25) is 5.91 Å². The largest absolute Gasteiger partial charge is 0.519 e. The molecule has 2 amide bonds. The van der Waals surface area contributed by atoms with E-state index in [-0.39, 0.29) is 23.6 Å². The van der Waals surface area contributed by atoms with Crippen LogP contribution in [0.1, 0.15) is 23.8 Å². The molecule has 9 heteroatoms. The van der Waals surface area contributed by atoms with Crippen molar-refractivity contribution in [2.75, 3.05) is 13.1 Å². The first-order valence-corrected chi connectivity index (χ1v) is 6.09. The molecule has 1 aromatic rings. The van der Waals surface area contributed by atoms with Crippen LogP contribution in [0.25, 0.3) is 0 Å². The predicted octanol–water partition coefficient (Wildman–Crippen LogP) is -1.21. The fourth-order valence-electron chi connectivity index (χ4n) is 1.35. The van der Waals surface area contributed by atoms with Gasteiger partial charge in [0.15, 0.2) is 0 Å². The zero-order chi connectivity index (χ0) is 15.0. The lowest BCUT2D eigenvalue weighted by molar-refractivity contribution is -0.120. The van der Waals surface area contributed by atoms with Crippen LogP contribution in [0.15, 0.2) is 23.4 Å². The van der Waals surface area contributed by atoms with Crippen LogP contribution in [-0.2, 0) is 4.79 Å². The summed E-state index contributed by atoms with van der Waals surface area (Å²) in [7, 11) is -1.48. The molecular weight excluding hydrogens is 263 g/mol. The van der Waals surface area contributed by atoms with Crippen LogP contribution < -0.4 is 16.1 Å². The molecular formula is C11H15BN4O4. The second-order valence-electron chi connectivity index (χ2n) is 3.92. The number of carbonyl (C=O) groups excluding carboxylic acids is 2. The van der Waals surface area contributed by atoms with Gasteiger partial charge in [0.25, 0.3) is 5.91 Å². The first kappa shape index (κ1) is 15.8. The number of nitrogens with zero attached hydrogens (tertiary/aromatic N) is 2. The van der Waals surface area contributed by atoms with Crippen molar-refractivity contribution in [1.82, 2.24) is 15.6 Å². The summed E-state index contributed by atoms with van der Waals surface area (Å²) in [5, 5.41) is 16.8. The molecule has 0 aliphatic heterocycles. The third-order valence-electron chi connectivity index (χ3n) is 2.47. The van der Waals surface area contributed by atoms with Crippen molar-refractivity contribution >= 4 is 24.3 Å². The van der Waals surface area contributed by atoms with E-state index in [0.717, 1.165) is 0 Å². The molecule has 0 aromatic carbocycles. The Labute approximate surface area is 116 Å². The van der Waals surface area contributed by atoms with E-state index >= 15 is 0 Å². The van der Waals surface area contributed by atoms with Crippen LogP contribution in [0, 0.1) is 4.91 Å². The topological polar surface area (TPSA) is 121 Å². The second kappa shape index (κ2) is 8.00. The average molecular weight is 278 g/mol. The number of pyridine rings is 1. The number of nitrogens with one attached hydrogen (secondary N) is 2. The Morgan fingerprint density at radius 1 is 1.35 bits per heavy atom. The molecule has 20 heavy (non-hydrogen) atoms. The summed E-state index contributed by atoms with van der Waals surface area (Å²) in [5.74, 6) is -0.493. The van der Waals surface area contributed by atoms with Crippen LogP contribution in [0.5, 0.6) is 0 Å². The van der Waals surface area contributed by atoms with Gasteiger partial charge in [0.05, 0.1) is 0 Å². The molecule has 3 N–H and O–H groups in total. The molecule has 106 valence electrons. The Balaban J connectivity index is 2.44. The van der Waals surface area contributed by atoms with E-state index in [0.29, 0.717) is 13.0 Å². The van der Waals surface area contributed by atoms with Gasteiger partial charge in [0.1, 0.15) is 5.69 Å². The first-order valence-electron chi connectivity index (χ1n) is 6.09. The summed E-state index contributed by atoms with van der Waals surface area (Å²) < 4.78 is 0. The van der Waals surface area contributed by atoms with E-state index in [2.05, 4.69) is 20.7 Å². The van der Waals surface area contributed by atoms with Gasteiger partial charge in [-0.25, -0.2) is 0 Å². The Kier molecular flexibility index (Phi) is 6.31. The fourth-order valence-corrected chi connectivity index (χ4v) is 1.35. The van der Waals surface area contributed by atoms with Crippen LogP contribution >= 0.6 is 0 Å². The Hall–Kier alpha value is -2.29. The second-order valence-corrected chi connectivity index (χ2v) is 3.92. The molecule has 1 aromatic heterocycles. The zero-order valence-corrected chi connectivity index (χ0v) is 11.0. The van der Waals surface area contributed by atoms with Crippen molar-refractivity contribution in [3.05, 3.63) is 28.9 Å². The molecule has 0 bridgehead atoms. The number of amides is 2. The highest BCUT2D eigenvalue weighted by Crippen LogP contribution is 1.93. The average Bonchev–Trinajstić information content (AvgIpc) is 2.50. The van der Waals surface area contributed by atoms with Crippen LogP contribution in [0.4, 0.5) is 0 Å². The quantitative estimate of drug-likeness (QED) is 0.328. The molecule has 0 fully saturated rings. The summed E-state index contributed by atoms with van der Waals surface area (Å²) in [6, 6.07) is 2.77. The van der Waals surface area contributed by atoms with Crippen LogP contribution in [-0.4, -0.2) is 42.0 Å². The lowest BCUT2D eigenvalue weighted by Crippen LogP contribution is -2.35. The smallest absolute Gasteiger partial charge is 0.425 e. The van der Waals surface area contributed by atoms with Crippen molar-refractivity contribution in [2.24, 2.45) is 5.09 Å². The van der Waals surface area contributed by atoms with Gasteiger partial charge in [0, 0.05) is 25.7 Å². The SMILES string of the molecule is CCC(=O)NCCNC(=O)c1ccc(B(O)N=O)cn1. The number of carbonyl (C=O) groups is 2. The highest BCUT2D eigenvalue weighted by atomic mass is 16.3. The third-order valence-corrected chi connectivity index (χ3v) is 2.47. The number of nitroso groups, excluding NO2 is 1. The first-order chi connectivity index (χ1) is 9.58. The molecule has 0 saturated heterocycles. The molecule has 1 rings (SSSR count). The van der Waals surface area contributed by atoms with Crippen LogP contribution in [0.2, 0.25) is 0 Å². The van der Waals surface area contributed by atoms with Crippen LogP contribution in [0.3, 0.4) is 0 Å². The highest BCUT2D eigenvalue weighted by molar-refractivity contribution is 6.64. The predicted molar refractivity (Wildman–Crippen MR) is 73.3 cm³/mol. The minimum Gasteiger partial charge on any atom is -0.425 e. The summed E-state index contributed by atoms with van der Waals surface area (Å²) in [6.07, 6.45) is 1.60. The standard InChI is InChI=1S/C11H15BN4O4/c1-2-10(17)13-5-6-14-11(18)9-4-3-8(7-15-9)12(19)16-20/h3-4,7,19H,2,5-6H2,1H3,(H,13,17)(H,14,18). The van der Waals surface area contributed by atoms with Crippen molar-refractivity contribution in [2.45, 2.75) is 13.3 Å². The van der Waals surface area contributed by atoms with Gasteiger partial charge in [-0.2, -0.15) is 4.91 Å². The van der Waals surface area contributed by atoms with Gasteiger partial charge in [-0.05, 0) is 11.5 Å². The maximum atomic E-state index is 11.7. The Morgan fingerprint density at radius 2 is 2.05 bits per heavy atom. The number of rotatable bonds is 7. The molecule has 0 aliphatic carbocycles. The van der Waals surface area contributed by atoms with E-state index < -0.39 is 13.0 Å². The molecule has 0 unspecified atom stereocenters. The third kappa shape index (κ3) is 4.77. The summed E-state index contributed by atoms with van der Waals surface area (Å²) in [5.41, 5.74) is 0.362. The number of hydrogen-bond donors (Lipinski definition) is 3. The summed E-state index contributed by atoms with van der Waals surface area (Å²) in [6.45, 7) is 2.36. The molecule has 8 nitrogen and oxygen atoms in total. The molecule has 0 saturated carbocycles. The molecule has 1 heterocycles. The van der Waals surface area contributed by atoms with E-state index in [1.54, 1.807) is 6.92 Å². The van der Waals surface area contributed by atoms with E-state index in [1.165, 1.54) is 18.3 Å². The summed E-state index contributed by atoms with van der Waals surface area (Å²) in [4.78, 5) is 36.6. The van der Waals surface area contributed by atoms with Gasteiger partial charge in [-0.15, -0.1) is 0 Å². The van der Waals surface area contributed by atoms with E-state index in [1.807, 2.05) is 0 Å². The Bertz CT molecular complexity index is 480. The van der Waals surface area contributed by atoms with E-state index in [4.69, 9.17) is 5.02 Å². The minimum absolute atomic E-state index is 0.0860. The molecule has 0 radical (unpaired) electrons. The zero-order valence-electron chi connectivity index (χ0n) is 11.0. The van der Waals surface area contributed by atoms with Gasteiger partial charge < -0.3 is 15.7 Å². The maximum Gasteiger partial charge on any atom is 0.519 e. The van der Waals surface area contributed by atoms with Gasteiger partial charge in [-0.1, -0.05) is 18.1 Å². The van der Waals surface area contributed by atoms with Crippen molar-refractivity contribution < 1.29 is 14.6 Å². The maximum absolute atomic E-state index is 11.7. The normalized spacial score (nSPS) is 9.70. The fraction of sp³-hybridized carbons (Fsp3) is 0.364. The number of aromatic nitrogens is 1. The number of hydrogen-bond acceptors (Lipinski definition) is 6. The van der Waals surface area contributed by atoms with Gasteiger partial charge >= 0.3 is 7.05 Å². The van der Waals surface area contributed by atoms with Crippen molar-refractivity contribution in [3.8, 4) is 0 Å². The van der Waals surface area contributed by atoms with Crippen molar-refractivity contribution in [3.63, 3.8) is 0 Å². The van der Waals surface area contributed by atoms with Crippen molar-refractivity contribution in [1.29, 1.82) is 0 Å². The molecule has 0 aliphatic rings. The Morgan fingerprint density at radius 3 is 2.60 bits per heavy atom. The minimum atomic E-state index is -1.48.